The Morgan fingerprint density at radius 1 is 1.13 bits per heavy atom. The molecule has 154 valence electrons. The van der Waals surface area contributed by atoms with Crippen molar-refractivity contribution in [3.63, 3.8) is 0 Å². The van der Waals surface area contributed by atoms with Crippen LogP contribution in [0.25, 0.3) is 5.52 Å². The molecule has 8 heteroatoms. The van der Waals surface area contributed by atoms with Crippen LogP contribution in [0.5, 0.6) is 0 Å². The van der Waals surface area contributed by atoms with Crippen LogP contribution in [0, 0.1) is 0 Å². The third-order valence-electron chi connectivity index (χ3n) is 4.83. The fraction of sp³-hybridized carbons (Fsp3) is 0.273. The Morgan fingerprint density at radius 3 is 2.83 bits per heavy atom. The van der Waals surface area contributed by atoms with Crippen molar-refractivity contribution in [1.82, 2.24) is 24.5 Å². The molecule has 3 heterocycles. The number of nitrogens with zero attached hydrogens (tertiary/aromatic N) is 5. The molecule has 0 atom stereocenters. The molecule has 0 radical (unpaired) electrons. The number of pyridine rings is 1. The first-order valence-corrected chi connectivity index (χ1v) is 10.1. The number of anilines is 1. The van der Waals surface area contributed by atoms with Gasteiger partial charge in [-0.3, -0.25) is 4.79 Å². The molecular weight excluding hydrogens is 378 g/mol. The molecule has 0 saturated carbocycles. The highest BCUT2D eigenvalue weighted by Gasteiger charge is 2.18. The van der Waals surface area contributed by atoms with Gasteiger partial charge >= 0.3 is 0 Å². The Morgan fingerprint density at radius 2 is 2.03 bits per heavy atom. The highest BCUT2D eigenvalue weighted by Crippen LogP contribution is 2.31. The van der Waals surface area contributed by atoms with Gasteiger partial charge in [0.05, 0.1) is 23.3 Å². The van der Waals surface area contributed by atoms with Crippen LogP contribution in [-0.2, 0) is 11.3 Å². The lowest BCUT2D eigenvalue weighted by Gasteiger charge is -2.15. The molecule has 30 heavy (non-hydrogen) atoms. The number of carbonyl (C=O) groups excluding carboxylic acids is 1. The van der Waals surface area contributed by atoms with E-state index in [1.54, 1.807) is 18.6 Å². The zero-order valence-electron chi connectivity index (χ0n) is 17.2. The Bertz CT molecular complexity index is 1140. The van der Waals surface area contributed by atoms with Crippen molar-refractivity contribution in [2.24, 2.45) is 4.99 Å². The number of nitrogens with one attached hydrogen (secondary N) is 2. The number of carbonyl (C=O) groups is 1. The summed E-state index contributed by atoms with van der Waals surface area (Å²) >= 11 is 0. The number of aliphatic imine (C=N–C) groups is 1. The lowest BCUT2D eigenvalue weighted by Crippen LogP contribution is -2.24. The number of ketones is 1. The van der Waals surface area contributed by atoms with Gasteiger partial charge in [0.1, 0.15) is 5.69 Å². The molecule has 4 rings (SSSR count). The van der Waals surface area contributed by atoms with E-state index in [1.165, 1.54) is 0 Å². The average Bonchev–Trinajstić information content (AvgIpc) is 3.38. The fourth-order valence-corrected chi connectivity index (χ4v) is 3.22. The topological polar surface area (TPSA) is 88.6 Å². The summed E-state index contributed by atoms with van der Waals surface area (Å²) in [4.78, 5) is 21.2. The summed E-state index contributed by atoms with van der Waals surface area (Å²) in [6, 6.07) is 5.89. The molecule has 0 aromatic carbocycles. The second-order valence-corrected chi connectivity index (χ2v) is 7.13. The van der Waals surface area contributed by atoms with Gasteiger partial charge in [0, 0.05) is 44.3 Å². The van der Waals surface area contributed by atoms with Crippen LogP contribution in [0.15, 0.2) is 71.5 Å². The van der Waals surface area contributed by atoms with Gasteiger partial charge in [-0.15, -0.1) is 5.10 Å². The summed E-state index contributed by atoms with van der Waals surface area (Å²) < 4.78 is 3.81. The van der Waals surface area contributed by atoms with Gasteiger partial charge in [-0.25, -0.2) is 14.5 Å². The maximum Gasteiger partial charge on any atom is 0.183 e. The van der Waals surface area contributed by atoms with Crippen LogP contribution >= 0.6 is 0 Å². The third kappa shape index (κ3) is 4.17. The second-order valence-electron chi connectivity index (χ2n) is 7.13. The van der Waals surface area contributed by atoms with Gasteiger partial charge in [-0.1, -0.05) is 13.0 Å². The molecule has 2 N–H and O–H groups in total. The quantitative estimate of drug-likeness (QED) is 0.564. The summed E-state index contributed by atoms with van der Waals surface area (Å²) in [5.74, 6) is 0.706. The average molecular weight is 403 g/mol. The summed E-state index contributed by atoms with van der Waals surface area (Å²) in [7, 11) is 0. The number of rotatable bonds is 8. The van der Waals surface area contributed by atoms with Gasteiger partial charge in [-0.05, 0) is 37.1 Å². The number of imidazole rings is 1. The fourth-order valence-electron chi connectivity index (χ4n) is 3.22. The van der Waals surface area contributed by atoms with E-state index in [-0.39, 0.29) is 5.78 Å². The monoisotopic (exact) mass is 403 g/mol. The molecule has 1 aliphatic carbocycles. The maximum absolute atomic E-state index is 12.2. The van der Waals surface area contributed by atoms with Crippen molar-refractivity contribution in [3.05, 3.63) is 66.5 Å². The minimum absolute atomic E-state index is 0.00565. The minimum atomic E-state index is 0.00565. The van der Waals surface area contributed by atoms with E-state index in [9.17, 15) is 4.79 Å². The van der Waals surface area contributed by atoms with Crippen LogP contribution in [-0.4, -0.2) is 43.7 Å². The number of hydrogen-bond donors (Lipinski definition) is 2. The molecular formula is C22H25N7O. The molecule has 0 unspecified atom stereocenters. The first-order valence-electron chi connectivity index (χ1n) is 10.1. The zero-order valence-corrected chi connectivity index (χ0v) is 17.2. The van der Waals surface area contributed by atoms with Gasteiger partial charge in [-0.2, -0.15) is 0 Å². The molecule has 3 aromatic heterocycles. The van der Waals surface area contributed by atoms with Crippen LogP contribution in [0.1, 0.15) is 20.3 Å². The molecule has 1 aliphatic rings. The lowest BCUT2D eigenvalue weighted by molar-refractivity contribution is -0.111. The summed E-state index contributed by atoms with van der Waals surface area (Å²) in [5.41, 5.74) is 3.79. The largest absolute Gasteiger partial charge is 0.383 e. The first-order chi connectivity index (χ1) is 14.7. The van der Waals surface area contributed by atoms with Gasteiger partial charge in [0.25, 0.3) is 0 Å². The van der Waals surface area contributed by atoms with Gasteiger partial charge in [0.2, 0.25) is 0 Å². The smallest absolute Gasteiger partial charge is 0.183 e. The Kier molecular flexibility index (Phi) is 5.74. The molecule has 0 spiro atoms. The predicted molar refractivity (Wildman–Crippen MR) is 118 cm³/mol. The third-order valence-corrected chi connectivity index (χ3v) is 4.83. The summed E-state index contributed by atoms with van der Waals surface area (Å²) in [6.45, 7) is 6.12. The van der Waals surface area contributed by atoms with Crippen molar-refractivity contribution in [3.8, 4) is 0 Å². The normalized spacial score (nSPS) is 15.4. The van der Waals surface area contributed by atoms with Gasteiger partial charge < -0.3 is 15.2 Å². The van der Waals surface area contributed by atoms with Crippen molar-refractivity contribution < 1.29 is 4.79 Å². The molecule has 0 bridgehead atoms. The lowest BCUT2D eigenvalue weighted by atomic mass is 10.0. The molecule has 8 nitrogen and oxygen atoms in total. The highest BCUT2D eigenvalue weighted by atomic mass is 16.1. The van der Waals surface area contributed by atoms with E-state index in [0.29, 0.717) is 17.9 Å². The highest BCUT2D eigenvalue weighted by molar-refractivity contribution is 6.22. The SMILES string of the molecule is CCCNC1=CC(=O)C(C)=CC1=Nc1c(NCCn2ccnc2)nn2ccccc12. The van der Waals surface area contributed by atoms with Crippen molar-refractivity contribution in [2.45, 2.75) is 26.8 Å². The van der Waals surface area contributed by atoms with E-state index >= 15 is 0 Å². The Hall–Kier alpha value is -3.68. The van der Waals surface area contributed by atoms with Crippen molar-refractivity contribution in [1.29, 1.82) is 0 Å². The zero-order chi connectivity index (χ0) is 20.9. The van der Waals surface area contributed by atoms with Crippen LogP contribution < -0.4 is 10.6 Å². The van der Waals surface area contributed by atoms with Crippen molar-refractivity contribution in [2.75, 3.05) is 18.4 Å². The van der Waals surface area contributed by atoms with E-state index in [1.807, 2.05) is 52.7 Å². The number of allylic oxidation sites excluding steroid dienone is 3. The number of fused-ring (bicyclic) bond motifs is 1. The Balaban J connectivity index is 1.69. The first kappa shape index (κ1) is 19.6. The molecule has 0 aliphatic heterocycles. The van der Waals surface area contributed by atoms with Crippen molar-refractivity contribution >= 4 is 28.5 Å². The van der Waals surface area contributed by atoms with Crippen LogP contribution in [0.4, 0.5) is 11.5 Å². The Labute approximate surface area is 175 Å². The maximum atomic E-state index is 12.2. The van der Waals surface area contributed by atoms with Crippen LogP contribution in [0.3, 0.4) is 0 Å². The molecule has 3 aromatic rings. The van der Waals surface area contributed by atoms with E-state index in [2.05, 4.69) is 27.6 Å². The van der Waals surface area contributed by atoms with E-state index < -0.39 is 0 Å². The molecule has 0 amide bonds. The number of aromatic nitrogens is 4. The van der Waals surface area contributed by atoms with E-state index in [4.69, 9.17) is 4.99 Å². The molecule has 0 saturated heterocycles. The van der Waals surface area contributed by atoms with E-state index in [0.717, 1.165) is 42.1 Å². The summed E-state index contributed by atoms with van der Waals surface area (Å²) in [5, 5.41) is 11.4. The number of hydrogen-bond acceptors (Lipinski definition) is 6. The summed E-state index contributed by atoms with van der Waals surface area (Å²) in [6.07, 6.45) is 11.8. The van der Waals surface area contributed by atoms with Gasteiger partial charge in [0.15, 0.2) is 11.6 Å². The molecule has 0 fully saturated rings. The predicted octanol–water partition coefficient (Wildman–Crippen LogP) is 3.13. The second kappa shape index (κ2) is 8.77. The standard InChI is InChI=1S/C22H25N7O/c1-3-7-24-17-14-20(30)16(2)13-18(17)26-21-19-6-4-5-10-29(19)27-22(21)25-9-12-28-11-8-23-15-28/h4-6,8,10-11,13-15,24H,3,7,9,12H2,1-2H3,(H,25,27). The minimum Gasteiger partial charge on any atom is -0.383 e. The van der Waals surface area contributed by atoms with Crippen LogP contribution in [0.2, 0.25) is 0 Å².